The van der Waals surface area contributed by atoms with Gasteiger partial charge in [0.25, 0.3) is 11.8 Å². The Kier molecular flexibility index (Phi) is 3.65. The fourth-order valence-corrected chi connectivity index (χ4v) is 4.64. The molecule has 1 atom stereocenters. The van der Waals surface area contributed by atoms with Gasteiger partial charge >= 0.3 is 0 Å². The lowest BCUT2D eigenvalue weighted by Gasteiger charge is -2.40. The zero-order valence-electron chi connectivity index (χ0n) is 13.5. The lowest BCUT2D eigenvalue weighted by Crippen LogP contribution is -2.54. The first-order valence-electron chi connectivity index (χ1n) is 7.95. The highest BCUT2D eigenvalue weighted by Gasteiger charge is 2.57. The lowest BCUT2D eigenvalue weighted by molar-refractivity contribution is -0.123. The molecule has 25 heavy (non-hydrogen) atoms. The van der Waals surface area contributed by atoms with Crippen LogP contribution in [-0.4, -0.2) is 18.4 Å². The van der Waals surface area contributed by atoms with E-state index in [0.29, 0.717) is 12.2 Å². The van der Waals surface area contributed by atoms with Crippen LogP contribution in [0.15, 0.2) is 60.0 Å². The minimum absolute atomic E-state index is 0.192. The molecule has 4 nitrogen and oxygen atoms in total. The first-order valence-corrected chi connectivity index (χ1v) is 8.83. The summed E-state index contributed by atoms with van der Waals surface area (Å²) in [4.78, 5) is 27.9. The van der Waals surface area contributed by atoms with Crippen LogP contribution in [0.5, 0.6) is 0 Å². The number of nitrogens with zero attached hydrogens (tertiary/aromatic N) is 2. The Morgan fingerprint density at radius 3 is 2.68 bits per heavy atom. The highest BCUT2D eigenvalue weighted by atomic mass is 32.2. The van der Waals surface area contributed by atoms with E-state index in [0.717, 1.165) is 11.3 Å². The fourth-order valence-electron chi connectivity index (χ4n) is 3.44. The van der Waals surface area contributed by atoms with E-state index in [1.54, 1.807) is 16.4 Å². The summed E-state index contributed by atoms with van der Waals surface area (Å²) in [5.74, 6) is -0.986. The van der Waals surface area contributed by atoms with Gasteiger partial charge in [-0.15, -0.1) is 0 Å². The van der Waals surface area contributed by atoms with Crippen molar-refractivity contribution in [2.45, 2.75) is 11.8 Å². The van der Waals surface area contributed by atoms with Crippen molar-refractivity contribution in [2.24, 2.45) is 0 Å². The Morgan fingerprint density at radius 1 is 1.12 bits per heavy atom. The number of para-hydroxylation sites is 1. The number of amides is 2. The number of likely N-dealkylation sites (N-methyl/N-ethyl adjacent to an activating group) is 1. The molecule has 0 bridgehead atoms. The topological polar surface area (TPSA) is 40.6 Å². The molecule has 6 heteroatoms. The number of hydrogen-bond donors (Lipinski definition) is 0. The third-order valence-electron chi connectivity index (χ3n) is 4.46. The Hall–Kier alpha value is -2.60. The molecule has 0 N–H and O–H groups in total. The van der Waals surface area contributed by atoms with Crippen molar-refractivity contribution in [3.63, 3.8) is 0 Å². The van der Waals surface area contributed by atoms with Gasteiger partial charge in [0.2, 0.25) is 4.87 Å². The molecule has 2 amide bonds. The summed E-state index contributed by atoms with van der Waals surface area (Å²) in [7, 11) is 0. The summed E-state index contributed by atoms with van der Waals surface area (Å²) in [6.45, 7) is 2.39. The van der Waals surface area contributed by atoms with E-state index < -0.39 is 10.7 Å². The van der Waals surface area contributed by atoms with E-state index in [2.05, 4.69) is 0 Å². The minimum atomic E-state index is -1.24. The molecule has 2 heterocycles. The van der Waals surface area contributed by atoms with Crippen molar-refractivity contribution in [3.05, 3.63) is 71.4 Å². The summed E-state index contributed by atoms with van der Waals surface area (Å²) in [6.07, 6.45) is 1.41. The molecule has 0 aromatic heterocycles. The minimum Gasteiger partial charge on any atom is -0.309 e. The summed E-state index contributed by atoms with van der Waals surface area (Å²) in [6, 6.07) is 13.2. The zero-order chi connectivity index (χ0) is 17.6. The molecule has 2 aromatic carbocycles. The van der Waals surface area contributed by atoms with Crippen molar-refractivity contribution < 1.29 is 14.0 Å². The van der Waals surface area contributed by atoms with Crippen molar-refractivity contribution in [3.8, 4) is 0 Å². The fraction of sp³-hybridized carbons (Fsp3) is 0.158. The molecule has 0 saturated carbocycles. The SMILES string of the molecule is CCN1C(=O)C2(SC=CC(=O)N2c2cccc(F)c2)c2ccccc21. The molecule has 0 radical (unpaired) electrons. The highest BCUT2D eigenvalue weighted by Crippen LogP contribution is 2.54. The maximum Gasteiger partial charge on any atom is 0.269 e. The van der Waals surface area contributed by atoms with Crippen molar-refractivity contribution in [1.82, 2.24) is 0 Å². The second-order valence-corrected chi connectivity index (χ2v) is 6.88. The molecule has 2 aliphatic heterocycles. The Morgan fingerprint density at radius 2 is 1.92 bits per heavy atom. The summed E-state index contributed by atoms with van der Waals surface area (Å²) in [5, 5.41) is 1.64. The smallest absolute Gasteiger partial charge is 0.269 e. The van der Waals surface area contributed by atoms with Gasteiger partial charge < -0.3 is 4.90 Å². The van der Waals surface area contributed by atoms with Crippen LogP contribution in [0.4, 0.5) is 15.8 Å². The van der Waals surface area contributed by atoms with Crippen LogP contribution >= 0.6 is 11.8 Å². The summed E-state index contributed by atoms with van der Waals surface area (Å²) in [5.41, 5.74) is 1.89. The molecule has 2 aliphatic rings. The van der Waals surface area contributed by atoms with Gasteiger partial charge in [-0.3, -0.25) is 14.5 Å². The molecule has 126 valence electrons. The quantitative estimate of drug-likeness (QED) is 0.827. The van der Waals surface area contributed by atoms with Gasteiger partial charge in [-0.05, 0) is 36.6 Å². The van der Waals surface area contributed by atoms with Crippen LogP contribution in [0.1, 0.15) is 12.5 Å². The van der Waals surface area contributed by atoms with Crippen LogP contribution in [-0.2, 0) is 14.5 Å². The zero-order valence-corrected chi connectivity index (χ0v) is 14.3. The number of hydrogen-bond acceptors (Lipinski definition) is 3. The number of fused-ring (bicyclic) bond motifs is 2. The van der Waals surface area contributed by atoms with Gasteiger partial charge in [-0.2, -0.15) is 0 Å². The standard InChI is InChI=1S/C19H15FN2O2S/c1-2-21-16-9-4-3-8-15(16)19(18(21)24)22(17(23)10-11-25-19)14-7-5-6-13(20)12-14/h3-12H,2H2,1H3. The Labute approximate surface area is 148 Å². The van der Waals surface area contributed by atoms with Gasteiger partial charge in [0, 0.05) is 23.9 Å². The van der Waals surface area contributed by atoms with Crippen LogP contribution in [0.2, 0.25) is 0 Å². The highest BCUT2D eigenvalue weighted by molar-refractivity contribution is 8.04. The predicted octanol–water partition coefficient (Wildman–Crippen LogP) is 3.64. The molecule has 0 saturated heterocycles. The number of rotatable bonds is 2. The third kappa shape index (κ3) is 2.14. The molecule has 2 aromatic rings. The van der Waals surface area contributed by atoms with Crippen LogP contribution < -0.4 is 9.80 Å². The van der Waals surface area contributed by atoms with E-state index in [1.165, 1.54) is 40.9 Å². The molecule has 1 spiro atoms. The van der Waals surface area contributed by atoms with Gasteiger partial charge in [0.05, 0.1) is 5.69 Å². The van der Waals surface area contributed by atoms with E-state index in [4.69, 9.17) is 0 Å². The van der Waals surface area contributed by atoms with E-state index in [1.807, 2.05) is 31.2 Å². The first-order chi connectivity index (χ1) is 12.1. The van der Waals surface area contributed by atoms with Crippen molar-refractivity contribution in [1.29, 1.82) is 0 Å². The van der Waals surface area contributed by atoms with E-state index in [-0.39, 0.29) is 11.8 Å². The molecule has 0 fully saturated rings. The van der Waals surface area contributed by atoms with E-state index in [9.17, 15) is 14.0 Å². The molecular formula is C19H15FN2O2S. The lowest BCUT2D eigenvalue weighted by atomic mass is 10.0. The van der Waals surface area contributed by atoms with E-state index >= 15 is 0 Å². The molecule has 4 rings (SSSR count). The van der Waals surface area contributed by atoms with Crippen LogP contribution in [0.25, 0.3) is 0 Å². The molecular weight excluding hydrogens is 339 g/mol. The maximum atomic E-state index is 13.8. The number of carbonyl (C=O) groups excluding carboxylic acids is 2. The monoisotopic (exact) mass is 354 g/mol. The van der Waals surface area contributed by atoms with Gasteiger partial charge in [0.15, 0.2) is 0 Å². The maximum absolute atomic E-state index is 13.8. The van der Waals surface area contributed by atoms with Crippen molar-refractivity contribution in [2.75, 3.05) is 16.3 Å². The number of halogens is 1. The Bertz CT molecular complexity index is 914. The molecule has 1 unspecified atom stereocenters. The summed E-state index contributed by atoms with van der Waals surface area (Å²) < 4.78 is 13.8. The predicted molar refractivity (Wildman–Crippen MR) is 96.8 cm³/mol. The van der Waals surface area contributed by atoms with Crippen LogP contribution in [0.3, 0.4) is 0 Å². The first kappa shape index (κ1) is 15.9. The normalized spacial score (nSPS) is 22.0. The Balaban J connectivity index is 1.99. The number of thioether (sulfide) groups is 1. The van der Waals surface area contributed by atoms with Crippen molar-refractivity contribution >= 4 is 35.0 Å². The van der Waals surface area contributed by atoms with Gasteiger partial charge in [0.1, 0.15) is 5.82 Å². The van der Waals surface area contributed by atoms with Crippen LogP contribution in [0, 0.1) is 5.82 Å². The third-order valence-corrected chi connectivity index (χ3v) is 5.65. The number of benzene rings is 2. The average molecular weight is 354 g/mol. The second-order valence-electron chi connectivity index (χ2n) is 5.78. The summed E-state index contributed by atoms with van der Waals surface area (Å²) >= 11 is 1.27. The van der Waals surface area contributed by atoms with Gasteiger partial charge in [-0.1, -0.05) is 36.0 Å². The largest absolute Gasteiger partial charge is 0.309 e. The second kappa shape index (κ2) is 5.74. The molecule has 0 aliphatic carbocycles. The average Bonchev–Trinajstić information content (AvgIpc) is 2.84. The number of carbonyl (C=O) groups is 2. The number of anilines is 2. The van der Waals surface area contributed by atoms with Gasteiger partial charge in [-0.25, -0.2) is 4.39 Å².